The van der Waals surface area contributed by atoms with Crippen molar-refractivity contribution in [2.24, 2.45) is 5.92 Å². The van der Waals surface area contributed by atoms with Gasteiger partial charge in [0.15, 0.2) is 11.5 Å². The van der Waals surface area contributed by atoms with Gasteiger partial charge in [0.25, 0.3) is 5.91 Å². The number of fused-ring (bicyclic) bond motifs is 2. The van der Waals surface area contributed by atoms with Crippen molar-refractivity contribution in [2.75, 3.05) is 53.2 Å². The maximum Gasteiger partial charge on any atom is 0.254 e. The molecule has 190 valence electrons. The topological polar surface area (TPSA) is 60.5 Å². The normalized spacial score (nSPS) is 19.5. The molecule has 7 nitrogen and oxygen atoms in total. The van der Waals surface area contributed by atoms with Gasteiger partial charge in [0.2, 0.25) is 6.79 Å². The molecule has 0 aliphatic carbocycles. The van der Waals surface area contributed by atoms with Gasteiger partial charge in [-0.2, -0.15) is 0 Å². The second-order valence-corrected chi connectivity index (χ2v) is 9.40. The predicted molar refractivity (Wildman–Crippen MR) is 136 cm³/mol. The number of carbonyl (C=O) groups excluding carboxylic acids is 1. The minimum atomic E-state index is 0. The summed E-state index contributed by atoms with van der Waals surface area (Å²) in [6.07, 6.45) is 5.48. The molecule has 3 aliphatic heterocycles. The molecule has 0 spiro atoms. The van der Waals surface area contributed by atoms with Gasteiger partial charge in [-0.25, -0.2) is 0 Å². The van der Waals surface area contributed by atoms with E-state index < -0.39 is 0 Å². The highest BCUT2D eigenvalue weighted by Gasteiger charge is 2.30. The molecule has 0 bridgehead atoms. The zero-order chi connectivity index (χ0) is 23.3. The second-order valence-electron chi connectivity index (χ2n) is 9.40. The Bertz CT molecular complexity index is 1000. The van der Waals surface area contributed by atoms with E-state index in [4.69, 9.17) is 18.9 Å². The summed E-state index contributed by atoms with van der Waals surface area (Å²) in [5, 5.41) is 0. The molecule has 1 amide bonds. The molecular formula is C27H35ClN2O5. The molecule has 1 fully saturated rings. The Morgan fingerprint density at radius 1 is 1.03 bits per heavy atom. The van der Waals surface area contributed by atoms with Gasteiger partial charge in [0.05, 0.1) is 13.7 Å². The first-order valence-corrected chi connectivity index (χ1v) is 12.4. The lowest BCUT2D eigenvalue weighted by atomic mass is 9.96. The molecule has 3 heterocycles. The van der Waals surface area contributed by atoms with E-state index in [2.05, 4.69) is 4.90 Å². The monoisotopic (exact) mass is 502 g/mol. The Morgan fingerprint density at radius 2 is 1.80 bits per heavy atom. The van der Waals surface area contributed by atoms with E-state index in [-0.39, 0.29) is 25.1 Å². The average Bonchev–Trinajstić information content (AvgIpc) is 3.20. The van der Waals surface area contributed by atoms with Gasteiger partial charge in [0.1, 0.15) is 11.5 Å². The molecule has 3 aliphatic rings. The van der Waals surface area contributed by atoms with Crippen LogP contribution in [0.25, 0.3) is 0 Å². The highest BCUT2D eigenvalue weighted by molar-refractivity contribution is 5.97. The van der Waals surface area contributed by atoms with E-state index in [0.717, 1.165) is 73.9 Å². The van der Waals surface area contributed by atoms with Crippen molar-refractivity contribution in [3.8, 4) is 23.0 Å². The molecule has 0 saturated carbocycles. The fourth-order valence-electron chi connectivity index (χ4n) is 5.22. The van der Waals surface area contributed by atoms with Gasteiger partial charge < -0.3 is 28.7 Å². The molecule has 1 saturated heterocycles. The van der Waals surface area contributed by atoms with Crippen LogP contribution in [0.3, 0.4) is 0 Å². The van der Waals surface area contributed by atoms with Crippen molar-refractivity contribution < 1.29 is 23.7 Å². The zero-order valence-electron chi connectivity index (χ0n) is 20.4. The quantitative estimate of drug-likeness (QED) is 0.498. The van der Waals surface area contributed by atoms with Crippen LogP contribution in [0.15, 0.2) is 36.4 Å². The Kier molecular flexibility index (Phi) is 8.63. The third kappa shape index (κ3) is 6.14. The number of methoxy groups -OCH3 is 1. The lowest BCUT2D eigenvalue weighted by Gasteiger charge is -2.33. The van der Waals surface area contributed by atoms with Crippen LogP contribution >= 0.6 is 12.4 Å². The van der Waals surface area contributed by atoms with Gasteiger partial charge in [-0.05, 0) is 80.1 Å². The van der Waals surface area contributed by atoms with Crippen LogP contribution in [0, 0.1) is 5.92 Å². The summed E-state index contributed by atoms with van der Waals surface area (Å²) in [4.78, 5) is 17.8. The molecular weight excluding hydrogens is 468 g/mol. The first-order valence-electron chi connectivity index (χ1n) is 12.4. The summed E-state index contributed by atoms with van der Waals surface area (Å²) in [5.74, 6) is 3.79. The highest BCUT2D eigenvalue weighted by atomic mass is 35.5. The minimum absolute atomic E-state index is 0. The maximum atomic E-state index is 13.2. The third-order valence-electron chi connectivity index (χ3n) is 7.05. The highest BCUT2D eigenvalue weighted by Crippen LogP contribution is 2.37. The van der Waals surface area contributed by atoms with Crippen molar-refractivity contribution in [2.45, 2.75) is 32.1 Å². The first kappa shape index (κ1) is 25.5. The SMILES string of the molecule is COc1ccc(OCCCN2CCCCC(CN3CCc4cc5c(cc4C3=O)OCO5)C2)cc1.Cl. The van der Waals surface area contributed by atoms with Gasteiger partial charge >= 0.3 is 0 Å². The molecule has 0 aromatic heterocycles. The number of ether oxygens (including phenoxy) is 4. The number of rotatable bonds is 8. The smallest absolute Gasteiger partial charge is 0.254 e. The van der Waals surface area contributed by atoms with Crippen molar-refractivity contribution in [1.29, 1.82) is 0 Å². The summed E-state index contributed by atoms with van der Waals surface area (Å²) in [6.45, 7) is 5.72. The first-order chi connectivity index (χ1) is 16.7. The maximum absolute atomic E-state index is 13.2. The number of nitrogens with zero attached hydrogens (tertiary/aromatic N) is 2. The molecule has 0 radical (unpaired) electrons. The predicted octanol–water partition coefficient (Wildman–Crippen LogP) is 4.42. The molecule has 2 aromatic carbocycles. The van der Waals surface area contributed by atoms with Crippen molar-refractivity contribution in [1.82, 2.24) is 9.80 Å². The third-order valence-corrected chi connectivity index (χ3v) is 7.05. The van der Waals surface area contributed by atoms with Crippen LogP contribution in [-0.2, 0) is 6.42 Å². The van der Waals surface area contributed by atoms with E-state index in [1.807, 2.05) is 41.3 Å². The van der Waals surface area contributed by atoms with Gasteiger partial charge in [0, 0.05) is 31.7 Å². The van der Waals surface area contributed by atoms with Crippen LogP contribution in [-0.4, -0.2) is 68.9 Å². The Balaban J connectivity index is 0.00000289. The largest absolute Gasteiger partial charge is 0.497 e. The molecule has 5 rings (SSSR count). The molecule has 35 heavy (non-hydrogen) atoms. The number of hydrogen-bond donors (Lipinski definition) is 0. The fraction of sp³-hybridized carbons (Fsp3) is 0.519. The molecule has 8 heteroatoms. The second kappa shape index (κ2) is 11.9. The van der Waals surface area contributed by atoms with Crippen molar-refractivity contribution in [3.05, 3.63) is 47.5 Å². The van der Waals surface area contributed by atoms with Crippen molar-refractivity contribution in [3.63, 3.8) is 0 Å². The van der Waals surface area contributed by atoms with E-state index in [1.54, 1.807) is 7.11 Å². The molecule has 0 N–H and O–H groups in total. The lowest BCUT2D eigenvalue weighted by Crippen LogP contribution is -2.43. The Hall–Kier alpha value is -2.64. The average molecular weight is 503 g/mol. The molecule has 1 atom stereocenters. The fourth-order valence-corrected chi connectivity index (χ4v) is 5.22. The van der Waals surface area contributed by atoms with Crippen LogP contribution in [0.1, 0.15) is 41.6 Å². The molecule has 2 aromatic rings. The Labute approximate surface area is 213 Å². The van der Waals surface area contributed by atoms with E-state index >= 15 is 0 Å². The number of hydrogen-bond acceptors (Lipinski definition) is 6. The number of benzene rings is 2. The summed E-state index contributed by atoms with van der Waals surface area (Å²) in [7, 11) is 1.67. The zero-order valence-corrected chi connectivity index (χ0v) is 21.2. The number of halogens is 1. The van der Waals surface area contributed by atoms with Crippen LogP contribution in [0.4, 0.5) is 0 Å². The van der Waals surface area contributed by atoms with Gasteiger partial charge in [-0.3, -0.25) is 4.79 Å². The minimum Gasteiger partial charge on any atom is -0.497 e. The molecule has 1 unspecified atom stereocenters. The Morgan fingerprint density at radius 3 is 2.60 bits per heavy atom. The van der Waals surface area contributed by atoms with Crippen LogP contribution < -0.4 is 18.9 Å². The lowest BCUT2D eigenvalue weighted by molar-refractivity contribution is 0.0694. The van der Waals surface area contributed by atoms with Gasteiger partial charge in [-0.15, -0.1) is 12.4 Å². The van der Waals surface area contributed by atoms with E-state index in [9.17, 15) is 4.79 Å². The summed E-state index contributed by atoms with van der Waals surface area (Å²) >= 11 is 0. The van der Waals surface area contributed by atoms with E-state index in [1.165, 1.54) is 19.3 Å². The van der Waals surface area contributed by atoms with Gasteiger partial charge in [-0.1, -0.05) is 6.42 Å². The summed E-state index contributed by atoms with van der Waals surface area (Å²) in [5.41, 5.74) is 1.85. The van der Waals surface area contributed by atoms with Crippen molar-refractivity contribution >= 4 is 18.3 Å². The van der Waals surface area contributed by atoms with Crippen LogP contribution in [0.5, 0.6) is 23.0 Å². The number of likely N-dealkylation sites (tertiary alicyclic amines) is 1. The summed E-state index contributed by atoms with van der Waals surface area (Å²) in [6, 6.07) is 11.6. The number of amides is 1. The van der Waals surface area contributed by atoms with E-state index in [0.29, 0.717) is 18.3 Å². The van der Waals surface area contributed by atoms with Crippen LogP contribution in [0.2, 0.25) is 0 Å². The standard InChI is InChI=1S/C27H34N2O5.ClH/c1-31-22-6-8-23(9-7-22)32-14-4-12-28-11-3-2-5-20(17-28)18-29-13-10-21-15-25-26(34-19-33-25)16-24(21)27(29)30;/h6-9,15-16,20H,2-5,10-14,17-19H2,1H3;1H. The summed E-state index contributed by atoms with van der Waals surface area (Å²) < 4.78 is 22.1. The number of carbonyl (C=O) groups is 1.